The first kappa shape index (κ1) is 10.1. The van der Waals surface area contributed by atoms with Gasteiger partial charge in [0.05, 0.1) is 0 Å². The third-order valence-corrected chi connectivity index (χ3v) is 4.05. The van der Waals surface area contributed by atoms with Crippen molar-refractivity contribution in [1.29, 1.82) is 0 Å². The standard InChI is InChI=1S/C11H18N2S/c1-9-10-4-8-14-11(10)3-7-13(9)6-2-5-12/h4,8-9H,2-3,5-7,12H2,1H3. The lowest BCUT2D eigenvalue weighted by atomic mass is 10.0. The number of nitrogens with zero attached hydrogens (tertiary/aromatic N) is 1. The van der Waals surface area contributed by atoms with Gasteiger partial charge in [0.15, 0.2) is 0 Å². The summed E-state index contributed by atoms with van der Waals surface area (Å²) in [6.45, 7) is 5.46. The molecular weight excluding hydrogens is 192 g/mol. The summed E-state index contributed by atoms with van der Waals surface area (Å²) in [6.07, 6.45) is 2.34. The SMILES string of the molecule is CC1c2ccsc2CCN1CCCN. The van der Waals surface area contributed by atoms with Gasteiger partial charge in [-0.25, -0.2) is 0 Å². The van der Waals surface area contributed by atoms with Crippen LogP contribution in [-0.2, 0) is 6.42 Å². The molecule has 78 valence electrons. The fourth-order valence-corrected chi connectivity index (χ4v) is 3.12. The molecule has 1 aliphatic rings. The van der Waals surface area contributed by atoms with Gasteiger partial charge in [0.25, 0.3) is 0 Å². The molecule has 0 amide bonds. The number of hydrogen-bond donors (Lipinski definition) is 1. The van der Waals surface area contributed by atoms with E-state index in [1.165, 1.54) is 13.0 Å². The lowest BCUT2D eigenvalue weighted by molar-refractivity contribution is 0.199. The summed E-state index contributed by atoms with van der Waals surface area (Å²) in [5.74, 6) is 0. The first-order valence-corrected chi connectivity index (χ1v) is 6.21. The normalized spacial score (nSPS) is 22.3. The summed E-state index contributed by atoms with van der Waals surface area (Å²) in [5, 5.41) is 2.22. The van der Waals surface area contributed by atoms with E-state index in [1.54, 1.807) is 10.4 Å². The third-order valence-electron chi connectivity index (χ3n) is 3.05. The Morgan fingerprint density at radius 3 is 3.29 bits per heavy atom. The molecule has 1 atom stereocenters. The molecule has 2 N–H and O–H groups in total. The van der Waals surface area contributed by atoms with E-state index in [2.05, 4.69) is 23.3 Å². The van der Waals surface area contributed by atoms with Crippen LogP contribution in [0.1, 0.15) is 29.8 Å². The zero-order valence-electron chi connectivity index (χ0n) is 8.70. The zero-order valence-corrected chi connectivity index (χ0v) is 9.52. The Bertz CT molecular complexity index is 295. The molecule has 2 nitrogen and oxygen atoms in total. The highest BCUT2D eigenvalue weighted by Crippen LogP contribution is 2.32. The molecule has 0 radical (unpaired) electrons. The van der Waals surface area contributed by atoms with E-state index in [1.807, 2.05) is 11.3 Å². The summed E-state index contributed by atoms with van der Waals surface area (Å²) in [5.41, 5.74) is 7.08. The second-order valence-corrected chi connectivity index (χ2v) is 4.90. The van der Waals surface area contributed by atoms with Gasteiger partial charge in [0.2, 0.25) is 0 Å². The van der Waals surface area contributed by atoms with Crippen LogP contribution in [0.15, 0.2) is 11.4 Å². The third kappa shape index (κ3) is 1.85. The number of thiophene rings is 1. The van der Waals surface area contributed by atoms with Crippen molar-refractivity contribution in [3.8, 4) is 0 Å². The number of fused-ring (bicyclic) bond motifs is 1. The van der Waals surface area contributed by atoms with Crippen LogP contribution in [0.5, 0.6) is 0 Å². The Hall–Kier alpha value is -0.380. The van der Waals surface area contributed by atoms with E-state index >= 15 is 0 Å². The van der Waals surface area contributed by atoms with Gasteiger partial charge in [-0.3, -0.25) is 4.90 Å². The Balaban J connectivity index is 2.05. The molecule has 0 fully saturated rings. The number of nitrogens with two attached hydrogens (primary N) is 1. The van der Waals surface area contributed by atoms with Crippen molar-refractivity contribution >= 4 is 11.3 Å². The van der Waals surface area contributed by atoms with Gasteiger partial charge in [-0.1, -0.05) is 0 Å². The summed E-state index contributed by atoms with van der Waals surface area (Å²) in [4.78, 5) is 4.13. The maximum atomic E-state index is 5.54. The minimum Gasteiger partial charge on any atom is -0.330 e. The van der Waals surface area contributed by atoms with Crippen LogP contribution < -0.4 is 5.73 Å². The summed E-state index contributed by atoms with van der Waals surface area (Å²) >= 11 is 1.90. The van der Waals surface area contributed by atoms with Gasteiger partial charge >= 0.3 is 0 Å². The van der Waals surface area contributed by atoms with Crippen LogP contribution in [0, 0.1) is 0 Å². The summed E-state index contributed by atoms with van der Waals surface area (Å²) in [6, 6.07) is 2.87. The van der Waals surface area contributed by atoms with Crippen LogP contribution in [0.3, 0.4) is 0 Å². The topological polar surface area (TPSA) is 29.3 Å². The minimum absolute atomic E-state index is 0.594. The Kier molecular flexibility index (Phi) is 3.21. The van der Waals surface area contributed by atoms with Gasteiger partial charge in [-0.15, -0.1) is 11.3 Å². The average Bonchev–Trinajstić information content (AvgIpc) is 2.66. The van der Waals surface area contributed by atoms with Crippen LogP contribution in [-0.4, -0.2) is 24.5 Å². The maximum absolute atomic E-state index is 5.54. The first-order valence-electron chi connectivity index (χ1n) is 5.33. The van der Waals surface area contributed by atoms with E-state index in [0.717, 1.165) is 19.5 Å². The highest BCUT2D eigenvalue weighted by molar-refractivity contribution is 7.10. The predicted molar refractivity (Wildman–Crippen MR) is 61.7 cm³/mol. The fraction of sp³-hybridized carbons (Fsp3) is 0.636. The molecule has 0 aromatic carbocycles. The second kappa shape index (κ2) is 4.43. The average molecular weight is 210 g/mol. The van der Waals surface area contributed by atoms with Crippen LogP contribution in [0.2, 0.25) is 0 Å². The lowest BCUT2D eigenvalue weighted by Crippen LogP contribution is -2.34. The van der Waals surface area contributed by atoms with Crippen LogP contribution in [0.25, 0.3) is 0 Å². The Morgan fingerprint density at radius 1 is 1.64 bits per heavy atom. The van der Waals surface area contributed by atoms with Crippen molar-refractivity contribution in [3.05, 3.63) is 21.9 Å². The molecule has 3 heteroatoms. The quantitative estimate of drug-likeness (QED) is 0.827. The molecule has 1 aliphatic heterocycles. The fourth-order valence-electron chi connectivity index (χ4n) is 2.16. The van der Waals surface area contributed by atoms with E-state index in [-0.39, 0.29) is 0 Å². The molecule has 0 spiro atoms. The molecule has 0 bridgehead atoms. The Labute approximate surface area is 89.7 Å². The lowest BCUT2D eigenvalue weighted by Gasteiger charge is -2.33. The summed E-state index contributed by atoms with van der Waals surface area (Å²) in [7, 11) is 0. The van der Waals surface area contributed by atoms with Gasteiger partial charge in [-0.05, 0) is 49.9 Å². The van der Waals surface area contributed by atoms with Gasteiger partial charge in [-0.2, -0.15) is 0 Å². The number of rotatable bonds is 3. The second-order valence-electron chi connectivity index (χ2n) is 3.90. The van der Waals surface area contributed by atoms with E-state index < -0.39 is 0 Å². The predicted octanol–water partition coefficient (Wildman–Crippen LogP) is 2.02. The molecule has 1 unspecified atom stereocenters. The molecule has 2 heterocycles. The number of hydrogen-bond acceptors (Lipinski definition) is 3. The smallest absolute Gasteiger partial charge is 0.0331 e. The van der Waals surface area contributed by atoms with Gasteiger partial charge in [0, 0.05) is 17.5 Å². The van der Waals surface area contributed by atoms with E-state index in [9.17, 15) is 0 Å². The molecule has 0 saturated carbocycles. The van der Waals surface area contributed by atoms with Gasteiger partial charge in [0.1, 0.15) is 0 Å². The van der Waals surface area contributed by atoms with Crippen molar-refractivity contribution in [3.63, 3.8) is 0 Å². The van der Waals surface area contributed by atoms with Crippen molar-refractivity contribution < 1.29 is 0 Å². The highest BCUT2D eigenvalue weighted by atomic mass is 32.1. The molecular formula is C11H18N2S. The molecule has 0 aliphatic carbocycles. The van der Waals surface area contributed by atoms with Crippen molar-refractivity contribution in [1.82, 2.24) is 4.90 Å². The highest BCUT2D eigenvalue weighted by Gasteiger charge is 2.23. The molecule has 1 aromatic rings. The minimum atomic E-state index is 0.594. The van der Waals surface area contributed by atoms with Crippen molar-refractivity contribution in [2.45, 2.75) is 25.8 Å². The summed E-state index contributed by atoms with van der Waals surface area (Å²) < 4.78 is 0. The zero-order chi connectivity index (χ0) is 9.97. The Morgan fingerprint density at radius 2 is 2.50 bits per heavy atom. The van der Waals surface area contributed by atoms with Gasteiger partial charge < -0.3 is 5.73 Å². The molecule has 0 saturated heterocycles. The first-order chi connectivity index (χ1) is 6.83. The van der Waals surface area contributed by atoms with E-state index in [0.29, 0.717) is 6.04 Å². The molecule has 14 heavy (non-hydrogen) atoms. The monoisotopic (exact) mass is 210 g/mol. The maximum Gasteiger partial charge on any atom is 0.0331 e. The molecule has 2 rings (SSSR count). The van der Waals surface area contributed by atoms with Crippen molar-refractivity contribution in [2.75, 3.05) is 19.6 Å². The van der Waals surface area contributed by atoms with Crippen LogP contribution in [0.4, 0.5) is 0 Å². The van der Waals surface area contributed by atoms with Crippen molar-refractivity contribution in [2.24, 2.45) is 5.73 Å². The molecule has 1 aromatic heterocycles. The van der Waals surface area contributed by atoms with Crippen LogP contribution >= 0.6 is 11.3 Å². The van der Waals surface area contributed by atoms with E-state index in [4.69, 9.17) is 5.73 Å². The largest absolute Gasteiger partial charge is 0.330 e.